The van der Waals surface area contributed by atoms with Crippen LogP contribution in [0.4, 0.5) is 0 Å². The number of nitrogens with zero attached hydrogens (tertiary/aromatic N) is 4. The summed E-state index contributed by atoms with van der Waals surface area (Å²) >= 11 is 0. The molecule has 8 nitrogen and oxygen atoms in total. The number of hydrogen-bond donors (Lipinski definition) is 0. The highest BCUT2D eigenvalue weighted by Crippen LogP contribution is 2.27. The molecule has 4 aromatic rings. The van der Waals surface area contributed by atoms with Gasteiger partial charge in [0, 0.05) is 11.1 Å². The maximum Gasteiger partial charge on any atom is 0.283 e. The Hall–Kier alpha value is -3.68. The molecular weight excluding hydrogens is 360 g/mol. The van der Waals surface area contributed by atoms with E-state index < -0.39 is 0 Å². The van der Waals surface area contributed by atoms with E-state index >= 15 is 0 Å². The second-order valence-electron chi connectivity index (χ2n) is 5.97. The van der Waals surface area contributed by atoms with Gasteiger partial charge < -0.3 is 9.47 Å². The first-order valence-electron chi connectivity index (χ1n) is 8.93. The molecule has 4 rings (SSSR count). The molecule has 2 heterocycles. The molecule has 0 N–H and O–H groups in total. The van der Waals surface area contributed by atoms with Crippen LogP contribution in [-0.2, 0) is 0 Å². The van der Waals surface area contributed by atoms with Gasteiger partial charge in [-0.2, -0.15) is 0 Å². The Balaban J connectivity index is 1.23. The number of aromatic nitrogens is 4. The van der Waals surface area contributed by atoms with Crippen LogP contribution in [0.25, 0.3) is 22.5 Å². The predicted molar refractivity (Wildman–Crippen MR) is 99.7 cm³/mol. The lowest BCUT2D eigenvalue weighted by Crippen LogP contribution is -2.04. The Bertz CT molecular complexity index is 904. The van der Waals surface area contributed by atoms with Crippen molar-refractivity contribution in [3.05, 3.63) is 60.7 Å². The standard InChI is InChI=1S/C20H18N4O4/c1-3-9-15(10-4-1)17-19(23-27-21-17)25-13-7-8-14-26-20-18(22-28-24-20)16-11-5-2-6-12-16/h1-6,9-12H,7-8,13-14H2. The topological polar surface area (TPSA) is 96.3 Å². The van der Waals surface area contributed by atoms with Crippen molar-refractivity contribution in [3.63, 3.8) is 0 Å². The molecule has 2 aromatic heterocycles. The van der Waals surface area contributed by atoms with Crippen molar-refractivity contribution in [2.24, 2.45) is 0 Å². The summed E-state index contributed by atoms with van der Waals surface area (Å²) in [5.41, 5.74) is 2.99. The summed E-state index contributed by atoms with van der Waals surface area (Å²) in [6.45, 7) is 0.944. The molecule has 0 spiro atoms. The molecule has 142 valence electrons. The van der Waals surface area contributed by atoms with Gasteiger partial charge in [-0.05, 0) is 33.5 Å². The third kappa shape index (κ3) is 4.17. The lowest BCUT2D eigenvalue weighted by Gasteiger charge is -2.05. The van der Waals surface area contributed by atoms with Gasteiger partial charge in [-0.15, -0.1) is 0 Å². The maximum absolute atomic E-state index is 5.69. The Labute approximate surface area is 161 Å². The van der Waals surface area contributed by atoms with E-state index in [9.17, 15) is 0 Å². The van der Waals surface area contributed by atoms with E-state index in [2.05, 4.69) is 20.6 Å². The Kier molecular flexibility index (Phi) is 5.57. The molecule has 0 atom stereocenters. The van der Waals surface area contributed by atoms with Crippen LogP contribution in [0.2, 0.25) is 0 Å². The molecule has 0 aliphatic rings. The highest BCUT2D eigenvalue weighted by Gasteiger charge is 2.14. The first-order chi connectivity index (χ1) is 13.9. The fraction of sp³-hybridized carbons (Fsp3) is 0.200. The zero-order valence-corrected chi connectivity index (χ0v) is 15.0. The van der Waals surface area contributed by atoms with Gasteiger partial charge >= 0.3 is 0 Å². The van der Waals surface area contributed by atoms with E-state index in [4.69, 9.17) is 18.7 Å². The van der Waals surface area contributed by atoms with Crippen molar-refractivity contribution in [1.82, 2.24) is 20.6 Å². The van der Waals surface area contributed by atoms with Crippen molar-refractivity contribution < 1.29 is 18.7 Å². The molecule has 2 aromatic carbocycles. The van der Waals surface area contributed by atoms with Crippen molar-refractivity contribution in [2.75, 3.05) is 13.2 Å². The van der Waals surface area contributed by atoms with Gasteiger partial charge in [0.25, 0.3) is 11.8 Å². The van der Waals surface area contributed by atoms with Crippen molar-refractivity contribution >= 4 is 0 Å². The van der Waals surface area contributed by atoms with E-state index in [1.807, 2.05) is 60.7 Å². The van der Waals surface area contributed by atoms with E-state index in [0.29, 0.717) is 36.4 Å². The number of unbranched alkanes of at least 4 members (excludes halogenated alkanes) is 1. The Morgan fingerprint density at radius 2 is 1.00 bits per heavy atom. The second-order valence-corrected chi connectivity index (χ2v) is 5.97. The molecule has 8 heteroatoms. The van der Waals surface area contributed by atoms with Crippen LogP contribution in [0.1, 0.15) is 12.8 Å². The van der Waals surface area contributed by atoms with E-state index in [1.165, 1.54) is 0 Å². The molecule has 28 heavy (non-hydrogen) atoms. The summed E-state index contributed by atoms with van der Waals surface area (Å²) in [5.74, 6) is 0.776. The van der Waals surface area contributed by atoms with Gasteiger partial charge in [0.05, 0.1) is 13.2 Å². The summed E-state index contributed by atoms with van der Waals surface area (Å²) < 4.78 is 21.0. The lowest BCUT2D eigenvalue weighted by molar-refractivity contribution is 0.228. The highest BCUT2D eigenvalue weighted by atomic mass is 16.6. The zero-order chi connectivity index (χ0) is 19.0. The van der Waals surface area contributed by atoms with Gasteiger partial charge in [0.1, 0.15) is 0 Å². The summed E-state index contributed by atoms with van der Waals surface area (Å²) in [7, 11) is 0. The summed E-state index contributed by atoms with van der Waals surface area (Å²) in [6.07, 6.45) is 1.54. The van der Waals surface area contributed by atoms with Gasteiger partial charge in [0.15, 0.2) is 11.4 Å². The molecular formula is C20H18N4O4. The maximum atomic E-state index is 5.69. The first-order valence-corrected chi connectivity index (χ1v) is 8.93. The second kappa shape index (κ2) is 8.81. The van der Waals surface area contributed by atoms with Crippen molar-refractivity contribution in [1.29, 1.82) is 0 Å². The van der Waals surface area contributed by atoms with Crippen molar-refractivity contribution in [3.8, 4) is 34.3 Å². The highest BCUT2D eigenvalue weighted by molar-refractivity contribution is 5.63. The quantitative estimate of drug-likeness (QED) is 0.403. The number of ether oxygens (including phenoxy) is 2. The smallest absolute Gasteiger partial charge is 0.283 e. The van der Waals surface area contributed by atoms with Gasteiger partial charge in [-0.25, -0.2) is 9.26 Å². The Morgan fingerprint density at radius 3 is 1.43 bits per heavy atom. The molecule has 0 saturated carbocycles. The van der Waals surface area contributed by atoms with Crippen LogP contribution in [0, 0.1) is 0 Å². The average molecular weight is 378 g/mol. The van der Waals surface area contributed by atoms with Crippen molar-refractivity contribution in [2.45, 2.75) is 12.8 Å². The lowest BCUT2D eigenvalue weighted by atomic mass is 10.2. The van der Waals surface area contributed by atoms with Crippen LogP contribution in [-0.4, -0.2) is 33.8 Å². The molecule has 0 unspecified atom stereocenters. The summed E-state index contributed by atoms with van der Waals surface area (Å²) in [5, 5.41) is 15.5. The molecule has 0 aliphatic carbocycles. The third-order valence-electron chi connectivity index (χ3n) is 4.03. The fourth-order valence-corrected chi connectivity index (χ4v) is 2.64. The third-order valence-corrected chi connectivity index (χ3v) is 4.03. The van der Waals surface area contributed by atoms with Crippen LogP contribution in [0.3, 0.4) is 0 Å². The minimum atomic E-state index is 0.388. The zero-order valence-electron chi connectivity index (χ0n) is 15.0. The van der Waals surface area contributed by atoms with Crippen LogP contribution in [0.15, 0.2) is 69.9 Å². The average Bonchev–Trinajstić information content (AvgIpc) is 3.41. The Morgan fingerprint density at radius 1 is 0.571 bits per heavy atom. The largest absolute Gasteiger partial charge is 0.474 e. The monoisotopic (exact) mass is 378 g/mol. The number of rotatable bonds is 9. The molecule has 0 amide bonds. The van der Waals surface area contributed by atoms with Crippen LogP contribution in [0.5, 0.6) is 11.8 Å². The summed E-state index contributed by atoms with van der Waals surface area (Å²) in [4.78, 5) is 0. The van der Waals surface area contributed by atoms with Gasteiger partial charge in [0.2, 0.25) is 0 Å². The number of benzene rings is 2. The number of hydrogen-bond acceptors (Lipinski definition) is 8. The molecule has 0 saturated heterocycles. The predicted octanol–water partition coefficient (Wildman–Crippen LogP) is 4.02. The van der Waals surface area contributed by atoms with Gasteiger partial charge in [-0.1, -0.05) is 60.7 Å². The van der Waals surface area contributed by atoms with E-state index in [1.54, 1.807) is 0 Å². The minimum absolute atomic E-state index is 0.388. The summed E-state index contributed by atoms with van der Waals surface area (Å²) in [6, 6.07) is 19.3. The van der Waals surface area contributed by atoms with E-state index in [0.717, 1.165) is 24.0 Å². The molecule has 0 bridgehead atoms. The van der Waals surface area contributed by atoms with Crippen LogP contribution < -0.4 is 9.47 Å². The first kappa shape index (κ1) is 17.7. The molecule has 0 radical (unpaired) electrons. The van der Waals surface area contributed by atoms with Gasteiger partial charge in [-0.3, -0.25) is 0 Å². The molecule has 0 fully saturated rings. The normalized spacial score (nSPS) is 10.7. The van der Waals surface area contributed by atoms with E-state index in [-0.39, 0.29) is 0 Å². The molecule has 0 aliphatic heterocycles. The SMILES string of the molecule is c1ccc(-c2nonc2OCCCCOc2nonc2-c2ccccc2)cc1. The fourth-order valence-electron chi connectivity index (χ4n) is 2.64. The minimum Gasteiger partial charge on any atom is -0.474 e. The van der Waals surface area contributed by atoms with Crippen LogP contribution >= 0.6 is 0 Å².